The second kappa shape index (κ2) is 7.90. The van der Waals surface area contributed by atoms with Crippen molar-refractivity contribution < 1.29 is 13.9 Å². The van der Waals surface area contributed by atoms with Gasteiger partial charge in [0, 0.05) is 13.1 Å². The predicted molar refractivity (Wildman–Crippen MR) is 89.5 cm³/mol. The molecule has 0 aliphatic heterocycles. The number of halogens is 3. The van der Waals surface area contributed by atoms with Gasteiger partial charge >= 0.3 is 0 Å². The van der Waals surface area contributed by atoms with E-state index in [0.717, 1.165) is 0 Å². The lowest BCUT2D eigenvalue weighted by Gasteiger charge is -2.16. The highest BCUT2D eigenvalue weighted by Gasteiger charge is 2.11. The number of hydrogen-bond acceptors (Lipinski definition) is 3. The molecular formula is C15H14BrCl2NO3. The fraction of sp³-hybridized carbons (Fsp3) is 0.267. The van der Waals surface area contributed by atoms with Gasteiger partial charge in [-0.25, -0.2) is 0 Å². The number of hydrogen-bond donors (Lipinski definition) is 0. The zero-order valence-corrected chi connectivity index (χ0v) is 14.9. The molecule has 0 aliphatic carbocycles. The topological polar surface area (TPSA) is 42.7 Å². The van der Waals surface area contributed by atoms with Crippen molar-refractivity contribution in [2.45, 2.75) is 13.0 Å². The number of nitrogens with zero attached hydrogens (tertiary/aromatic N) is 1. The van der Waals surface area contributed by atoms with E-state index < -0.39 is 0 Å². The lowest BCUT2D eigenvalue weighted by molar-refractivity contribution is -0.131. The molecule has 1 amide bonds. The Morgan fingerprint density at radius 3 is 2.68 bits per heavy atom. The summed E-state index contributed by atoms with van der Waals surface area (Å²) in [6.07, 6.45) is 0.263. The SMILES string of the molecule is CN(Cc1ccc(Br)o1)C(=O)CCOc1ccc(Cl)c(Cl)c1. The van der Waals surface area contributed by atoms with Crippen molar-refractivity contribution in [2.24, 2.45) is 0 Å². The van der Waals surface area contributed by atoms with Crippen LogP contribution in [0.2, 0.25) is 10.0 Å². The Hall–Kier alpha value is -1.17. The van der Waals surface area contributed by atoms with Gasteiger partial charge < -0.3 is 14.1 Å². The van der Waals surface area contributed by atoms with Gasteiger partial charge in [-0.15, -0.1) is 0 Å². The first-order valence-electron chi connectivity index (χ1n) is 6.51. The van der Waals surface area contributed by atoms with Crippen LogP contribution in [0.3, 0.4) is 0 Å². The van der Waals surface area contributed by atoms with Crippen LogP contribution in [0, 0.1) is 0 Å². The first kappa shape index (κ1) is 17.2. The first-order chi connectivity index (χ1) is 10.5. The largest absolute Gasteiger partial charge is 0.493 e. The minimum atomic E-state index is -0.0346. The van der Waals surface area contributed by atoms with Gasteiger partial charge in [-0.3, -0.25) is 4.79 Å². The molecule has 0 spiro atoms. The summed E-state index contributed by atoms with van der Waals surface area (Å²) in [5, 5.41) is 0.889. The molecule has 0 unspecified atom stereocenters. The van der Waals surface area contributed by atoms with Gasteiger partial charge in [-0.2, -0.15) is 0 Å². The molecule has 2 aromatic rings. The Labute approximate surface area is 147 Å². The summed E-state index contributed by atoms with van der Waals surface area (Å²) in [5.74, 6) is 1.26. The van der Waals surface area contributed by atoms with E-state index in [1.54, 1.807) is 36.2 Å². The molecule has 22 heavy (non-hydrogen) atoms. The highest BCUT2D eigenvalue weighted by molar-refractivity contribution is 9.10. The van der Waals surface area contributed by atoms with Crippen molar-refractivity contribution in [3.8, 4) is 5.75 Å². The lowest BCUT2D eigenvalue weighted by atomic mass is 10.3. The maximum Gasteiger partial charge on any atom is 0.226 e. The van der Waals surface area contributed by atoms with E-state index in [1.165, 1.54) is 0 Å². The molecule has 0 bridgehead atoms. The number of carbonyl (C=O) groups is 1. The van der Waals surface area contributed by atoms with E-state index in [-0.39, 0.29) is 18.9 Å². The molecule has 1 aromatic heterocycles. The molecule has 118 valence electrons. The molecule has 0 radical (unpaired) electrons. The van der Waals surface area contributed by atoms with Crippen LogP contribution in [-0.4, -0.2) is 24.5 Å². The van der Waals surface area contributed by atoms with Crippen molar-refractivity contribution in [2.75, 3.05) is 13.7 Å². The van der Waals surface area contributed by atoms with Crippen molar-refractivity contribution >= 4 is 45.0 Å². The smallest absolute Gasteiger partial charge is 0.226 e. The van der Waals surface area contributed by atoms with Crippen LogP contribution < -0.4 is 4.74 Å². The van der Waals surface area contributed by atoms with Gasteiger partial charge in [0.05, 0.1) is 29.6 Å². The Morgan fingerprint density at radius 2 is 2.05 bits per heavy atom. The van der Waals surface area contributed by atoms with Crippen LogP contribution in [0.5, 0.6) is 5.75 Å². The van der Waals surface area contributed by atoms with Gasteiger partial charge in [0.15, 0.2) is 4.67 Å². The molecule has 0 saturated heterocycles. The zero-order valence-electron chi connectivity index (χ0n) is 11.8. The minimum absolute atomic E-state index is 0.0346. The molecule has 0 saturated carbocycles. The number of rotatable bonds is 6. The van der Waals surface area contributed by atoms with E-state index in [0.29, 0.717) is 32.8 Å². The van der Waals surface area contributed by atoms with E-state index >= 15 is 0 Å². The third-order valence-corrected chi connectivity index (χ3v) is 4.09. The van der Waals surface area contributed by atoms with Gasteiger partial charge in [-0.05, 0) is 40.2 Å². The Bertz CT molecular complexity index is 660. The molecule has 0 N–H and O–H groups in total. The summed E-state index contributed by atoms with van der Waals surface area (Å²) < 4.78 is 11.5. The van der Waals surface area contributed by atoms with E-state index in [2.05, 4.69) is 15.9 Å². The van der Waals surface area contributed by atoms with Gasteiger partial charge in [-0.1, -0.05) is 23.2 Å². The number of furan rings is 1. The lowest BCUT2D eigenvalue weighted by Crippen LogP contribution is -2.27. The highest BCUT2D eigenvalue weighted by Crippen LogP contribution is 2.26. The molecule has 2 rings (SSSR count). The quantitative estimate of drug-likeness (QED) is 0.693. The van der Waals surface area contributed by atoms with Crippen LogP contribution >= 0.6 is 39.1 Å². The van der Waals surface area contributed by atoms with Crippen molar-refractivity contribution in [3.63, 3.8) is 0 Å². The Balaban J connectivity index is 1.78. The van der Waals surface area contributed by atoms with Crippen LogP contribution in [0.1, 0.15) is 12.2 Å². The Kier molecular flexibility index (Phi) is 6.17. The van der Waals surface area contributed by atoms with E-state index in [1.807, 2.05) is 6.07 Å². The zero-order chi connectivity index (χ0) is 16.1. The minimum Gasteiger partial charge on any atom is -0.493 e. The Morgan fingerprint density at radius 1 is 1.27 bits per heavy atom. The number of amides is 1. The van der Waals surface area contributed by atoms with E-state index in [4.69, 9.17) is 32.4 Å². The summed E-state index contributed by atoms with van der Waals surface area (Å²) in [7, 11) is 1.72. The highest BCUT2D eigenvalue weighted by atomic mass is 79.9. The fourth-order valence-electron chi connectivity index (χ4n) is 1.77. The van der Waals surface area contributed by atoms with Crippen molar-refractivity contribution in [1.82, 2.24) is 4.90 Å². The molecule has 0 aliphatic rings. The maximum atomic E-state index is 12.0. The fourth-order valence-corrected chi connectivity index (χ4v) is 2.40. The molecule has 0 atom stereocenters. The summed E-state index contributed by atoms with van der Waals surface area (Å²) in [6, 6.07) is 8.60. The first-order valence-corrected chi connectivity index (χ1v) is 8.06. The molecule has 4 nitrogen and oxygen atoms in total. The van der Waals surface area contributed by atoms with Gasteiger partial charge in [0.25, 0.3) is 0 Å². The van der Waals surface area contributed by atoms with Crippen LogP contribution in [0.4, 0.5) is 0 Å². The summed E-state index contributed by atoms with van der Waals surface area (Å²) in [4.78, 5) is 13.6. The summed E-state index contributed by atoms with van der Waals surface area (Å²) in [6.45, 7) is 0.681. The normalized spacial score (nSPS) is 10.5. The second-order valence-corrected chi connectivity index (χ2v) is 6.23. The summed E-state index contributed by atoms with van der Waals surface area (Å²) >= 11 is 14.9. The van der Waals surface area contributed by atoms with Gasteiger partial charge in [0.2, 0.25) is 5.91 Å². The van der Waals surface area contributed by atoms with Crippen LogP contribution in [-0.2, 0) is 11.3 Å². The number of ether oxygens (including phenoxy) is 1. The predicted octanol–water partition coefficient (Wildman–Crippen LogP) is 4.78. The average molecular weight is 407 g/mol. The molecular weight excluding hydrogens is 393 g/mol. The maximum absolute atomic E-state index is 12.0. The summed E-state index contributed by atoms with van der Waals surface area (Å²) in [5.41, 5.74) is 0. The third-order valence-electron chi connectivity index (χ3n) is 2.92. The van der Waals surface area contributed by atoms with Crippen molar-refractivity contribution in [1.29, 1.82) is 0 Å². The monoisotopic (exact) mass is 405 g/mol. The molecule has 1 heterocycles. The third kappa shape index (κ3) is 4.93. The average Bonchev–Trinajstić information content (AvgIpc) is 2.87. The van der Waals surface area contributed by atoms with E-state index in [9.17, 15) is 4.79 Å². The van der Waals surface area contributed by atoms with Crippen molar-refractivity contribution in [3.05, 3.63) is 50.8 Å². The van der Waals surface area contributed by atoms with Crippen LogP contribution in [0.25, 0.3) is 0 Å². The molecule has 7 heteroatoms. The number of carbonyl (C=O) groups excluding carboxylic acids is 1. The van der Waals surface area contributed by atoms with Crippen LogP contribution in [0.15, 0.2) is 39.4 Å². The second-order valence-electron chi connectivity index (χ2n) is 4.63. The molecule has 0 fully saturated rings. The van der Waals surface area contributed by atoms with Gasteiger partial charge in [0.1, 0.15) is 11.5 Å². The number of benzene rings is 1. The molecule has 1 aromatic carbocycles. The standard InChI is InChI=1S/C15H14BrCl2NO3/c1-19(9-11-3-5-14(16)22-11)15(20)6-7-21-10-2-4-12(17)13(18)8-10/h2-5,8H,6-7,9H2,1H3.